The molecular formula is C15H24BNO2S. The number of nitrogens with one attached hydrogen (secondary N) is 1. The van der Waals surface area contributed by atoms with Gasteiger partial charge in [-0.25, -0.2) is 0 Å². The second-order valence-corrected chi connectivity index (χ2v) is 7.86. The third-order valence-electron chi connectivity index (χ3n) is 4.86. The monoisotopic (exact) mass is 293 g/mol. The third-order valence-corrected chi connectivity index (χ3v) is 5.98. The van der Waals surface area contributed by atoms with Gasteiger partial charge in [0, 0.05) is 17.3 Å². The lowest BCUT2D eigenvalue weighted by Crippen LogP contribution is -2.41. The Labute approximate surface area is 126 Å². The van der Waals surface area contributed by atoms with Crippen LogP contribution >= 0.6 is 11.3 Å². The molecule has 0 amide bonds. The molecule has 3 nitrogen and oxygen atoms in total. The van der Waals surface area contributed by atoms with Crippen molar-refractivity contribution in [1.29, 1.82) is 0 Å². The molecule has 1 aromatic rings. The zero-order valence-corrected chi connectivity index (χ0v) is 13.7. The number of piperidine rings is 1. The van der Waals surface area contributed by atoms with Crippen molar-refractivity contribution in [3.63, 3.8) is 0 Å². The molecular weight excluding hydrogens is 269 g/mol. The Morgan fingerprint density at radius 2 is 1.95 bits per heavy atom. The van der Waals surface area contributed by atoms with E-state index in [9.17, 15) is 0 Å². The molecule has 0 aromatic carbocycles. The lowest BCUT2D eigenvalue weighted by atomic mass is 9.80. The normalized spacial score (nSPS) is 28.8. The van der Waals surface area contributed by atoms with E-state index in [1.165, 1.54) is 23.2 Å². The molecule has 110 valence electrons. The van der Waals surface area contributed by atoms with Gasteiger partial charge < -0.3 is 14.6 Å². The van der Waals surface area contributed by atoms with Crippen LogP contribution in [0.15, 0.2) is 11.4 Å². The number of hydrogen-bond acceptors (Lipinski definition) is 4. The Balaban J connectivity index is 1.74. The summed E-state index contributed by atoms with van der Waals surface area (Å²) in [6.07, 6.45) is 2.56. The fraction of sp³-hybridized carbons (Fsp3) is 0.733. The maximum Gasteiger partial charge on any atom is 0.495 e. The number of hydrogen-bond donors (Lipinski definition) is 1. The van der Waals surface area contributed by atoms with E-state index in [4.69, 9.17) is 9.31 Å². The minimum atomic E-state index is -0.258. The van der Waals surface area contributed by atoms with Gasteiger partial charge in [-0.1, -0.05) is 0 Å². The van der Waals surface area contributed by atoms with Crippen molar-refractivity contribution in [2.45, 2.75) is 57.7 Å². The van der Waals surface area contributed by atoms with Crippen LogP contribution in [0.5, 0.6) is 0 Å². The highest BCUT2D eigenvalue weighted by molar-refractivity contribution is 7.11. The molecule has 0 radical (unpaired) electrons. The zero-order chi connectivity index (χ0) is 14.4. The van der Waals surface area contributed by atoms with E-state index in [2.05, 4.69) is 44.5 Å². The minimum Gasteiger partial charge on any atom is -0.399 e. The summed E-state index contributed by atoms with van der Waals surface area (Å²) < 4.78 is 12.2. The van der Waals surface area contributed by atoms with Gasteiger partial charge in [0.25, 0.3) is 0 Å². The van der Waals surface area contributed by atoms with Crippen molar-refractivity contribution in [1.82, 2.24) is 5.32 Å². The van der Waals surface area contributed by atoms with Gasteiger partial charge in [-0.15, -0.1) is 11.3 Å². The SMILES string of the molecule is CC1(C)OB(c2csc(C3CCCNC3)c2)OC1(C)C. The molecule has 3 rings (SSSR count). The molecule has 0 aliphatic carbocycles. The van der Waals surface area contributed by atoms with E-state index in [0.717, 1.165) is 13.1 Å². The second kappa shape index (κ2) is 5.13. The van der Waals surface area contributed by atoms with Crippen LogP contribution in [0.3, 0.4) is 0 Å². The summed E-state index contributed by atoms with van der Waals surface area (Å²) >= 11 is 1.84. The van der Waals surface area contributed by atoms with Crippen molar-refractivity contribution in [2.75, 3.05) is 13.1 Å². The first-order chi connectivity index (χ1) is 9.39. The summed E-state index contributed by atoms with van der Waals surface area (Å²) in [6, 6.07) is 2.28. The van der Waals surface area contributed by atoms with Crippen molar-refractivity contribution >= 4 is 23.9 Å². The van der Waals surface area contributed by atoms with Crippen molar-refractivity contribution in [3.8, 4) is 0 Å². The molecule has 0 saturated carbocycles. The Bertz CT molecular complexity index is 464. The molecule has 1 atom stereocenters. The summed E-state index contributed by atoms with van der Waals surface area (Å²) in [5.41, 5.74) is 0.660. The first-order valence-electron chi connectivity index (χ1n) is 7.54. The second-order valence-electron chi connectivity index (χ2n) is 6.91. The molecule has 0 spiro atoms. The molecule has 2 aliphatic rings. The molecule has 2 fully saturated rings. The van der Waals surface area contributed by atoms with Gasteiger partial charge in [0.15, 0.2) is 0 Å². The maximum atomic E-state index is 6.12. The van der Waals surface area contributed by atoms with Crippen LogP contribution in [-0.2, 0) is 9.31 Å². The smallest absolute Gasteiger partial charge is 0.399 e. The average molecular weight is 293 g/mol. The molecule has 0 bridgehead atoms. The summed E-state index contributed by atoms with van der Waals surface area (Å²) in [6.45, 7) is 10.7. The highest BCUT2D eigenvalue weighted by atomic mass is 32.1. The summed E-state index contributed by atoms with van der Waals surface area (Å²) in [7, 11) is -0.221. The van der Waals surface area contributed by atoms with Crippen LogP contribution in [0.2, 0.25) is 0 Å². The van der Waals surface area contributed by atoms with Gasteiger partial charge in [0.05, 0.1) is 11.2 Å². The van der Waals surface area contributed by atoms with Crippen LogP contribution in [0.25, 0.3) is 0 Å². The van der Waals surface area contributed by atoms with Crippen molar-refractivity contribution in [3.05, 3.63) is 16.3 Å². The van der Waals surface area contributed by atoms with E-state index in [-0.39, 0.29) is 18.3 Å². The number of rotatable bonds is 2. The molecule has 20 heavy (non-hydrogen) atoms. The first-order valence-corrected chi connectivity index (χ1v) is 8.42. The summed E-state index contributed by atoms with van der Waals surface area (Å²) in [5, 5.41) is 5.68. The largest absolute Gasteiger partial charge is 0.495 e. The van der Waals surface area contributed by atoms with Gasteiger partial charge in [-0.05, 0) is 64.0 Å². The Hall–Kier alpha value is -0.355. The fourth-order valence-electron chi connectivity index (χ4n) is 2.78. The highest BCUT2D eigenvalue weighted by Crippen LogP contribution is 2.37. The molecule has 3 heterocycles. The lowest BCUT2D eigenvalue weighted by Gasteiger charge is -2.32. The van der Waals surface area contributed by atoms with Crippen LogP contribution < -0.4 is 10.8 Å². The maximum absolute atomic E-state index is 6.12. The van der Waals surface area contributed by atoms with Crippen LogP contribution in [0.4, 0.5) is 0 Å². The van der Waals surface area contributed by atoms with E-state index in [1.807, 2.05) is 11.3 Å². The predicted molar refractivity (Wildman–Crippen MR) is 84.9 cm³/mol. The topological polar surface area (TPSA) is 30.5 Å². The van der Waals surface area contributed by atoms with Crippen molar-refractivity contribution in [2.24, 2.45) is 0 Å². The highest BCUT2D eigenvalue weighted by Gasteiger charge is 2.51. The molecule has 1 N–H and O–H groups in total. The van der Waals surface area contributed by atoms with Gasteiger partial charge in [-0.3, -0.25) is 0 Å². The van der Waals surface area contributed by atoms with Gasteiger partial charge in [0.2, 0.25) is 0 Å². The van der Waals surface area contributed by atoms with Gasteiger partial charge in [0.1, 0.15) is 0 Å². The van der Waals surface area contributed by atoms with Crippen LogP contribution in [-0.4, -0.2) is 31.4 Å². The predicted octanol–water partition coefficient (Wildman–Crippen LogP) is 2.51. The fourth-order valence-corrected chi connectivity index (χ4v) is 3.83. The average Bonchev–Trinajstić information content (AvgIpc) is 2.94. The van der Waals surface area contributed by atoms with E-state index in [1.54, 1.807) is 0 Å². The third kappa shape index (κ3) is 2.57. The quantitative estimate of drug-likeness (QED) is 0.850. The molecule has 1 unspecified atom stereocenters. The zero-order valence-electron chi connectivity index (χ0n) is 12.9. The Morgan fingerprint density at radius 1 is 1.25 bits per heavy atom. The van der Waals surface area contributed by atoms with Crippen molar-refractivity contribution < 1.29 is 9.31 Å². The van der Waals surface area contributed by atoms with Crippen LogP contribution in [0.1, 0.15) is 51.3 Å². The molecule has 5 heteroatoms. The van der Waals surface area contributed by atoms with E-state index in [0.29, 0.717) is 5.92 Å². The standard InChI is InChI=1S/C15H24BNO2S/c1-14(2)15(3,4)19-16(18-14)12-8-13(20-10-12)11-6-5-7-17-9-11/h8,10-11,17H,5-7,9H2,1-4H3. The van der Waals surface area contributed by atoms with Gasteiger partial charge >= 0.3 is 7.12 Å². The Morgan fingerprint density at radius 3 is 2.55 bits per heavy atom. The summed E-state index contributed by atoms with van der Waals surface area (Å²) in [5.74, 6) is 0.657. The Kier molecular flexibility index (Phi) is 3.74. The molecule has 2 saturated heterocycles. The van der Waals surface area contributed by atoms with Gasteiger partial charge in [-0.2, -0.15) is 0 Å². The minimum absolute atomic E-state index is 0.221. The molecule has 1 aromatic heterocycles. The lowest BCUT2D eigenvalue weighted by molar-refractivity contribution is 0.00578. The van der Waals surface area contributed by atoms with E-state index >= 15 is 0 Å². The molecule has 2 aliphatic heterocycles. The first kappa shape index (κ1) is 14.6. The summed E-state index contributed by atoms with van der Waals surface area (Å²) in [4.78, 5) is 1.46. The number of thiophene rings is 1. The van der Waals surface area contributed by atoms with Crippen LogP contribution in [0, 0.1) is 0 Å². The van der Waals surface area contributed by atoms with E-state index < -0.39 is 0 Å².